The van der Waals surface area contributed by atoms with E-state index in [0.29, 0.717) is 0 Å². The maximum absolute atomic E-state index is 7.00. The van der Waals surface area contributed by atoms with E-state index in [1.54, 1.807) is 0 Å². The first-order chi connectivity index (χ1) is 7.33. The lowest BCUT2D eigenvalue weighted by Gasteiger charge is -2.05. The number of aryl methyl sites for hydroxylation is 1. The number of ether oxygens (including phenoxy) is 1. The Labute approximate surface area is 92.9 Å². The minimum atomic E-state index is 0.845. The predicted octanol–water partition coefficient (Wildman–Crippen LogP) is 3.17. The van der Waals surface area contributed by atoms with E-state index in [-0.39, 0.29) is 0 Å². The van der Waals surface area contributed by atoms with Gasteiger partial charge in [0.1, 0.15) is 5.75 Å². The zero-order valence-corrected chi connectivity index (χ0v) is 9.99. The summed E-state index contributed by atoms with van der Waals surface area (Å²) >= 11 is 0. The summed E-state index contributed by atoms with van der Waals surface area (Å²) in [6.07, 6.45) is 3.66. The van der Waals surface area contributed by atoms with Gasteiger partial charge in [0, 0.05) is 7.11 Å². The second kappa shape index (κ2) is 9.53. The first-order valence-corrected chi connectivity index (χ1v) is 5.47. The Hall–Kier alpha value is -1.02. The lowest BCUT2D eigenvalue weighted by Crippen LogP contribution is -1.96. The van der Waals surface area contributed by atoms with Crippen LogP contribution >= 0.6 is 0 Å². The van der Waals surface area contributed by atoms with Crippen LogP contribution in [0.15, 0.2) is 24.3 Å². The van der Waals surface area contributed by atoms with Gasteiger partial charge in [0.2, 0.25) is 0 Å². The Morgan fingerprint density at radius 3 is 2.53 bits per heavy atom. The molecule has 0 aliphatic heterocycles. The van der Waals surface area contributed by atoms with Crippen LogP contribution in [0.25, 0.3) is 0 Å². The first kappa shape index (κ1) is 14.0. The highest BCUT2D eigenvalue weighted by molar-refractivity contribution is 5.27. The van der Waals surface area contributed by atoms with E-state index in [1.807, 2.05) is 12.1 Å². The summed E-state index contributed by atoms with van der Waals surface area (Å²) in [5.74, 6) is 0.996. The molecule has 1 rings (SSSR count). The Morgan fingerprint density at radius 2 is 1.93 bits per heavy atom. The third kappa shape index (κ3) is 6.97. The second-order valence-electron chi connectivity index (χ2n) is 3.37. The minimum absolute atomic E-state index is 0.845. The SMILES string of the molecule is CCCCCOc1cccc(C)c1.CO. The van der Waals surface area contributed by atoms with E-state index in [0.717, 1.165) is 25.9 Å². The first-order valence-electron chi connectivity index (χ1n) is 5.47. The van der Waals surface area contributed by atoms with Crippen LogP contribution in [0, 0.1) is 6.92 Å². The van der Waals surface area contributed by atoms with E-state index < -0.39 is 0 Å². The normalized spacial score (nSPS) is 9.07. The highest BCUT2D eigenvalue weighted by Crippen LogP contribution is 2.12. The second-order valence-corrected chi connectivity index (χ2v) is 3.37. The van der Waals surface area contributed by atoms with Crippen molar-refractivity contribution >= 4 is 0 Å². The van der Waals surface area contributed by atoms with Gasteiger partial charge in [-0.3, -0.25) is 0 Å². The maximum atomic E-state index is 7.00. The largest absolute Gasteiger partial charge is 0.494 e. The molecule has 15 heavy (non-hydrogen) atoms. The van der Waals surface area contributed by atoms with Crippen molar-refractivity contribution in [2.45, 2.75) is 33.1 Å². The van der Waals surface area contributed by atoms with Gasteiger partial charge >= 0.3 is 0 Å². The molecule has 2 heteroatoms. The van der Waals surface area contributed by atoms with Crippen LogP contribution in [0.5, 0.6) is 5.75 Å². The molecule has 0 radical (unpaired) electrons. The molecule has 1 N–H and O–H groups in total. The van der Waals surface area contributed by atoms with E-state index in [2.05, 4.69) is 26.0 Å². The third-order valence-corrected chi connectivity index (χ3v) is 2.01. The summed E-state index contributed by atoms with van der Waals surface area (Å²) in [6, 6.07) is 8.20. The van der Waals surface area contributed by atoms with E-state index >= 15 is 0 Å². The van der Waals surface area contributed by atoms with Gasteiger partial charge in [-0.15, -0.1) is 0 Å². The average molecular weight is 210 g/mol. The Balaban J connectivity index is 0.000000921. The van der Waals surface area contributed by atoms with E-state index in [4.69, 9.17) is 9.84 Å². The molecule has 0 atom stereocenters. The molecule has 0 aromatic heterocycles. The summed E-state index contributed by atoms with van der Waals surface area (Å²) in [4.78, 5) is 0. The topological polar surface area (TPSA) is 29.5 Å². The molecule has 0 unspecified atom stereocenters. The number of benzene rings is 1. The van der Waals surface area contributed by atoms with Crippen LogP contribution in [0.4, 0.5) is 0 Å². The van der Waals surface area contributed by atoms with Gasteiger partial charge < -0.3 is 9.84 Å². The molecule has 0 heterocycles. The maximum Gasteiger partial charge on any atom is 0.119 e. The van der Waals surface area contributed by atoms with Crippen molar-refractivity contribution in [2.75, 3.05) is 13.7 Å². The zero-order valence-electron chi connectivity index (χ0n) is 9.99. The molecule has 1 aromatic carbocycles. The zero-order chi connectivity index (χ0) is 11.5. The average Bonchev–Trinajstić information content (AvgIpc) is 2.27. The standard InChI is InChI=1S/C12H18O.CH4O/c1-3-4-5-9-13-12-8-6-7-11(2)10-12;1-2/h6-8,10H,3-5,9H2,1-2H3;2H,1H3. The van der Waals surface area contributed by atoms with Crippen molar-refractivity contribution in [3.63, 3.8) is 0 Å². The quantitative estimate of drug-likeness (QED) is 0.756. The molecular formula is C13H22O2. The molecule has 0 fully saturated rings. The highest BCUT2D eigenvalue weighted by Gasteiger charge is 1.92. The van der Waals surface area contributed by atoms with E-state index in [9.17, 15) is 0 Å². The number of rotatable bonds is 5. The van der Waals surface area contributed by atoms with E-state index in [1.165, 1.54) is 18.4 Å². The van der Waals surface area contributed by atoms with Crippen molar-refractivity contribution in [2.24, 2.45) is 0 Å². The molecule has 86 valence electrons. The van der Waals surface area contributed by atoms with Crippen molar-refractivity contribution in [1.29, 1.82) is 0 Å². The van der Waals surface area contributed by atoms with Crippen LogP contribution in [-0.2, 0) is 0 Å². The molecule has 0 amide bonds. The number of unbranched alkanes of at least 4 members (excludes halogenated alkanes) is 2. The fourth-order valence-corrected chi connectivity index (χ4v) is 1.25. The van der Waals surface area contributed by atoms with Crippen LogP contribution in [0.3, 0.4) is 0 Å². The molecule has 2 nitrogen and oxygen atoms in total. The molecule has 0 bridgehead atoms. The van der Waals surface area contributed by atoms with Gasteiger partial charge in [-0.1, -0.05) is 31.9 Å². The summed E-state index contributed by atoms with van der Waals surface area (Å²) in [5.41, 5.74) is 1.26. The fraction of sp³-hybridized carbons (Fsp3) is 0.538. The van der Waals surface area contributed by atoms with Crippen molar-refractivity contribution in [3.8, 4) is 5.75 Å². The van der Waals surface area contributed by atoms with Crippen LogP contribution < -0.4 is 4.74 Å². The van der Waals surface area contributed by atoms with Crippen LogP contribution in [0.1, 0.15) is 31.7 Å². The molecule has 0 saturated carbocycles. The highest BCUT2D eigenvalue weighted by atomic mass is 16.5. The van der Waals surface area contributed by atoms with Gasteiger partial charge in [0.15, 0.2) is 0 Å². The molecular weight excluding hydrogens is 188 g/mol. The minimum Gasteiger partial charge on any atom is -0.494 e. The van der Waals surface area contributed by atoms with Gasteiger partial charge in [0.25, 0.3) is 0 Å². The number of hydrogen-bond donors (Lipinski definition) is 1. The van der Waals surface area contributed by atoms with Crippen molar-refractivity contribution in [1.82, 2.24) is 0 Å². The molecule has 0 aliphatic carbocycles. The Bertz CT molecular complexity index is 246. The summed E-state index contributed by atoms with van der Waals surface area (Å²) in [5, 5.41) is 7.00. The van der Waals surface area contributed by atoms with Gasteiger partial charge in [-0.2, -0.15) is 0 Å². The molecule has 0 spiro atoms. The summed E-state index contributed by atoms with van der Waals surface area (Å²) in [7, 11) is 1.00. The number of aliphatic hydroxyl groups excluding tert-OH is 1. The molecule has 0 aliphatic rings. The smallest absolute Gasteiger partial charge is 0.119 e. The van der Waals surface area contributed by atoms with Crippen LogP contribution in [0.2, 0.25) is 0 Å². The molecule has 1 aromatic rings. The van der Waals surface area contributed by atoms with Crippen molar-refractivity contribution in [3.05, 3.63) is 29.8 Å². The number of hydrogen-bond acceptors (Lipinski definition) is 2. The summed E-state index contributed by atoms with van der Waals surface area (Å²) < 4.78 is 5.59. The predicted molar refractivity (Wildman–Crippen MR) is 64.3 cm³/mol. The summed E-state index contributed by atoms with van der Waals surface area (Å²) in [6.45, 7) is 5.13. The Morgan fingerprint density at radius 1 is 1.20 bits per heavy atom. The Kier molecular flexibility index (Phi) is 8.88. The van der Waals surface area contributed by atoms with Gasteiger partial charge in [-0.25, -0.2) is 0 Å². The van der Waals surface area contributed by atoms with Gasteiger partial charge in [0.05, 0.1) is 6.61 Å². The van der Waals surface area contributed by atoms with Crippen LogP contribution in [-0.4, -0.2) is 18.8 Å². The third-order valence-electron chi connectivity index (χ3n) is 2.01. The van der Waals surface area contributed by atoms with Gasteiger partial charge in [-0.05, 0) is 31.0 Å². The number of aliphatic hydroxyl groups is 1. The lowest BCUT2D eigenvalue weighted by molar-refractivity contribution is 0.306. The fourth-order valence-electron chi connectivity index (χ4n) is 1.25. The monoisotopic (exact) mass is 210 g/mol. The van der Waals surface area contributed by atoms with Crippen molar-refractivity contribution < 1.29 is 9.84 Å². The molecule has 0 saturated heterocycles. The lowest BCUT2D eigenvalue weighted by atomic mass is 10.2.